The van der Waals surface area contributed by atoms with Gasteiger partial charge in [-0.05, 0) is 38.1 Å². The SMILES string of the molecule is CCOC(=O)C1=C(C)Nc2ccccc2N=C1NC(=O)CN1C(=O)COc2ccccc21. The number of esters is 1. The van der Waals surface area contributed by atoms with Crippen LogP contribution in [0.1, 0.15) is 13.8 Å². The Kier molecular flexibility index (Phi) is 5.89. The van der Waals surface area contributed by atoms with Crippen LogP contribution in [0.5, 0.6) is 5.75 Å². The zero-order valence-electron chi connectivity index (χ0n) is 17.7. The van der Waals surface area contributed by atoms with Gasteiger partial charge in [-0.3, -0.25) is 14.5 Å². The van der Waals surface area contributed by atoms with Crippen molar-refractivity contribution in [3.8, 4) is 5.75 Å². The first-order valence-corrected chi connectivity index (χ1v) is 10.1. The number of carbonyl (C=O) groups is 3. The Morgan fingerprint density at radius 2 is 1.94 bits per heavy atom. The zero-order valence-corrected chi connectivity index (χ0v) is 17.7. The van der Waals surface area contributed by atoms with E-state index in [9.17, 15) is 14.4 Å². The Labute approximate surface area is 184 Å². The molecular weight excluding hydrogens is 412 g/mol. The van der Waals surface area contributed by atoms with E-state index in [4.69, 9.17) is 9.47 Å². The molecule has 0 aromatic heterocycles. The molecule has 0 radical (unpaired) electrons. The summed E-state index contributed by atoms with van der Waals surface area (Å²) in [4.78, 5) is 43.9. The number of nitrogens with zero attached hydrogens (tertiary/aromatic N) is 2. The highest BCUT2D eigenvalue weighted by Crippen LogP contribution is 2.32. The van der Waals surface area contributed by atoms with Crippen LogP contribution in [-0.2, 0) is 19.1 Å². The lowest BCUT2D eigenvalue weighted by Crippen LogP contribution is -2.47. The van der Waals surface area contributed by atoms with Gasteiger partial charge in [-0.1, -0.05) is 24.3 Å². The van der Waals surface area contributed by atoms with Crippen molar-refractivity contribution in [2.75, 3.05) is 30.0 Å². The van der Waals surface area contributed by atoms with E-state index in [2.05, 4.69) is 15.6 Å². The van der Waals surface area contributed by atoms with Crippen molar-refractivity contribution in [2.45, 2.75) is 13.8 Å². The van der Waals surface area contributed by atoms with Crippen LogP contribution in [0.25, 0.3) is 0 Å². The minimum atomic E-state index is -0.614. The molecule has 0 atom stereocenters. The Balaban J connectivity index is 1.64. The summed E-state index contributed by atoms with van der Waals surface area (Å²) in [7, 11) is 0. The van der Waals surface area contributed by atoms with E-state index in [1.165, 1.54) is 4.90 Å². The highest BCUT2D eigenvalue weighted by Gasteiger charge is 2.30. The van der Waals surface area contributed by atoms with E-state index in [1.807, 2.05) is 12.1 Å². The third-order valence-electron chi connectivity index (χ3n) is 4.92. The van der Waals surface area contributed by atoms with Crippen molar-refractivity contribution in [3.63, 3.8) is 0 Å². The van der Waals surface area contributed by atoms with Gasteiger partial charge in [-0.15, -0.1) is 0 Å². The second-order valence-corrected chi connectivity index (χ2v) is 7.11. The summed E-state index contributed by atoms with van der Waals surface area (Å²) < 4.78 is 10.6. The zero-order chi connectivity index (χ0) is 22.7. The van der Waals surface area contributed by atoms with Crippen LogP contribution in [-0.4, -0.2) is 43.4 Å². The van der Waals surface area contributed by atoms with Crippen LogP contribution in [0, 0.1) is 0 Å². The minimum absolute atomic E-state index is 0.0531. The first-order chi connectivity index (χ1) is 15.5. The first kappa shape index (κ1) is 21.1. The molecule has 0 bridgehead atoms. The Hall–Kier alpha value is -4.14. The lowest BCUT2D eigenvalue weighted by molar-refractivity contribution is -0.137. The number of para-hydroxylation sites is 4. The average Bonchev–Trinajstić information content (AvgIpc) is 2.91. The number of allylic oxidation sites excluding steroid dienone is 1. The molecule has 2 amide bonds. The molecule has 0 unspecified atom stereocenters. The predicted octanol–water partition coefficient (Wildman–Crippen LogP) is 2.52. The van der Waals surface area contributed by atoms with Gasteiger partial charge in [-0.25, -0.2) is 9.79 Å². The maximum Gasteiger partial charge on any atom is 0.343 e. The number of hydrogen-bond donors (Lipinski definition) is 2. The van der Waals surface area contributed by atoms with Gasteiger partial charge in [0, 0.05) is 5.70 Å². The molecule has 2 aliphatic rings. The van der Waals surface area contributed by atoms with Crippen molar-refractivity contribution in [2.24, 2.45) is 4.99 Å². The highest BCUT2D eigenvalue weighted by molar-refractivity contribution is 6.25. The number of ether oxygens (including phenoxy) is 2. The molecule has 0 spiro atoms. The fourth-order valence-corrected chi connectivity index (χ4v) is 3.48. The molecule has 164 valence electrons. The van der Waals surface area contributed by atoms with Gasteiger partial charge in [0.15, 0.2) is 6.61 Å². The molecule has 2 heterocycles. The van der Waals surface area contributed by atoms with Crippen molar-refractivity contribution in [1.82, 2.24) is 5.32 Å². The van der Waals surface area contributed by atoms with Crippen LogP contribution in [0.15, 0.2) is 64.8 Å². The smallest absolute Gasteiger partial charge is 0.343 e. The molecular formula is C23H22N4O5. The fraction of sp³-hybridized carbons (Fsp3) is 0.217. The van der Waals surface area contributed by atoms with Gasteiger partial charge >= 0.3 is 5.97 Å². The van der Waals surface area contributed by atoms with Crippen molar-refractivity contribution in [1.29, 1.82) is 0 Å². The minimum Gasteiger partial charge on any atom is -0.482 e. The van der Waals surface area contributed by atoms with Crippen LogP contribution >= 0.6 is 0 Å². The molecule has 2 aliphatic heterocycles. The molecule has 2 aromatic rings. The number of hydrogen-bond acceptors (Lipinski definition) is 7. The maximum atomic E-state index is 13.0. The summed E-state index contributed by atoms with van der Waals surface area (Å²) in [6.45, 7) is 3.16. The monoisotopic (exact) mass is 434 g/mol. The van der Waals surface area contributed by atoms with Gasteiger partial charge in [-0.2, -0.15) is 0 Å². The van der Waals surface area contributed by atoms with Gasteiger partial charge in [0.25, 0.3) is 5.91 Å². The lowest BCUT2D eigenvalue weighted by atomic mass is 10.2. The summed E-state index contributed by atoms with van der Waals surface area (Å²) in [5, 5.41) is 5.84. The largest absolute Gasteiger partial charge is 0.482 e. The molecule has 9 nitrogen and oxygen atoms in total. The number of carbonyl (C=O) groups excluding carboxylic acids is 3. The molecule has 0 aliphatic carbocycles. The number of benzene rings is 2. The third kappa shape index (κ3) is 4.18. The molecule has 9 heteroatoms. The second-order valence-electron chi connectivity index (χ2n) is 7.11. The molecule has 4 rings (SSSR count). The van der Waals surface area contributed by atoms with Crippen LogP contribution in [0.3, 0.4) is 0 Å². The number of anilines is 2. The van der Waals surface area contributed by atoms with E-state index in [-0.39, 0.29) is 37.1 Å². The van der Waals surface area contributed by atoms with Gasteiger partial charge in [0.1, 0.15) is 23.7 Å². The predicted molar refractivity (Wildman–Crippen MR) is 119 cm³/mol. The summed E-state index contributed by atoms with van der Waals surface area (Å²) in [6.07, 6.45) is 0. The average molecular weight is 434 g/mol. The highest BCUT2D eigenvalue weighted by atomic mass is 16.5. The number of nitrogens with one attached hydrogen (secondary N) is 2. The summed E-state index contributed by atoms with van der Waals surface area (Å²) >= 11 is 0. The van der Waals surface area contributed by atoms with E-state index >= 15 is 0 Å². The Morgan fingerprint density at radius 3 is 2.75 bits per heavy atom. The number of rotatable bonds is 4. The number of fused-ring (bicyclic) bond motifs is 2. The van der Waals surface area contributed by atoms with Crippen molar-refractivity contribution < 1.29 is 23.9 Å². The molecule has 0 saturated heterocycles. The van der Waals surface area contributed by atoms with E-state index in [0.717, 1.165) is 0 Å². The topological polar surface area (TPSA) is 109 Å². The summed E-state index contributed by atoms with van der Waals surface area (Å²) in [5.74, 6) is -0.892. The maximum absolute atomic E-state index is 13.0. The third-order valence-corrected chi connectivity index (χ3v) is 4.92. The van der Waals surface area contributed by atoms with Gasteiger partial charge < -0.3 is 20.1 Å². The molecule has 2 N–H and O–H groups in total. The van der Waals surface area contributed by atoms with Crippen LogP contribution < -0.4 is 20.3 Å². The first-order valence-electron chi connectivity index (χ1n) is 10.1. The van der Waals surface area contributed by atoms with Crippen molar-refractivity contribution >= 4 is 40.7 Å². The molecule has 0 fully saturated rings. The molecule has 0 saturated carbocycles. The van der Waals surface area contributed by atoms with Crippen molar-refractivity contribution in [3.05, 3.63) is 59.8 Å². The van der Waals surface area contributed by atoms with Gasteiger partial charge in [0.2, 0.25) is 5.91 Å². The quantitative estimate of drug-likeness (QED) is 0.716. The standard InChI is InChI=1S/C23H22N4O5/c1-3-31-23(30)21-14(2)24-15-8-4-5-9-16(15)25-22(21)26-19(28)12-27-17-10-6-7-11-18(17)32-13-20(27)29/h4-11,24H,3,12-13H2,1-2H3,(H,25,26,28). The number of amidine groups is 1. The lowest BCUT2D eigenvalue weighted by Gasteiger charge is -2.28. The normalized spacial score (nSPS) is 14.9. The van der Waals surface area contributed by atoms with Gasteiger partial charge in [0.05, 0.1) is 23.7 Å². The number of amides is 2. The van der Waals surface area contributed by atoms with Crippen LogP contribution in [0.4, 0.5) is 17.1 Å². The molecule has 32 heavy (non-hydrogen) atoms. The summed E-state index contributed by atoms with van der Waals surface area (Å²) in [6, 6.07) is 14.2. The Morgan fingerprint density at radius 1 is 1.19 bits per heavy atom. The van der Waals surface area contributed by atoms with E-state index in [1.54, 1.807) is 50.2 Å². The van der Waals surface area contributed by atoms with E-state index < -0.39 is 11.9 Å². The Bertz CT molecular complexity index is 1150. The summed E-state index contributed by atoms with van der Waals surface area (Å²) in [5.41, 5.74) is 2.35. The molecule has 2 aromatic carbocycles. The van der Waals surface area contributed by atoms with E-state index in [0.29, 0.717) is 28.5 Å². The fourth-order valence-electron chi connectivity index (χ4n) is 3.48. The second kappa shape index (κ2) is 8.93. The van der Waals surface area contributed by atoms with Crippen LogP contribution in [0.2, 0.25) is 0 Å². The number of aliphatic imine (C=N–C) groups is 1.